The van der Waals surface area contributed by atoms with Crippen molar-refractivity contribution in [1.29, 1.82) is 0 Å². The minimum atomic E-state index is -4.35. The third-order valence-corrected chi connectivity index (χ3v) is 5.27. The van der Waals surface area contributed by atoms with Crippen molar-refractivity contribution in [3.8, 4) is 0 Å². The van der Waals surface area contributed by atoms with Crippen LogP contribution in [0.15, 0.2) is 17.0 Å². The maximum Gasteiger partial charge on any atom is 0.249 e. The zero-order valence-electron chi connectivity index (χ0n) is 11.4. The van der Waals surface area contributed by atoms with E-state index < -0.39 is 38.4 Å². The van der Waals surface area contributed by atoms with Crippen LogP contribution in [-0.4, -0.2) is 37.9 Å². The molecular weight excluding hydrogens is 329 g/mol. The Morgan fingerprint density at radius 3 is 2.24 bits per heavy atom. The second kappa shape index (κ2) is 6.51. The lowest BCUT2D eigenvalue weighted by atomic mass is 10.2. The number of halogens is 4. The molecule has 21 heavy (non-hydrogen) atoms. The molecule has 0 radical (unpaired) electrons. The molecular formula is C12H16ClF3N2O2S. The highest BCUT2D eigenvalue weighted by Crippen LogP contribution is 2.26. The van der Waals surface area contributed by atoms with Crippen molar-refractivity contribution in [2.45, 2.75) is 30.8 Å². The Morgan fingerprint density at radius 2 is 1.71 bits per heavy atom. The van der Waals surface area contributed by atoms with Gasteiger partial charge in [-0.05, 0) is 13.8 Å². The number of nitrogens with zero attached hydrogens (tertiary/aromatic N) is 1. The van der Waals surface area contributed by atoms with Crippen molar-refractivity contribution >= 4 is 22.4 Å². The number of hydrogen-bond donors (Lipinski definition) is 1. The molecule has 120 valence electrons. The molecule has 4 nitrogen and oxygen atoms in total. The molecule has 0 bridgehead atoms. The monoisotopic (exact) mass is 344 g/mol. The van der Waals surface area contributed by atoms with E-state index in [0.29, 0.717) is 18.7 Å². The van der Waals surface area contributed by atoms with Crippen LogP contribution < -0.4 is 5.32 Å². The Kier molecular flexibility index (Phi) is 5.65. The van der Waals surface area contributed by atoms with Crippen LogP contribution in [0.25, 0.3) is 0 Å². The van der Waals surface area contributed by atoms with Gasteiger partial charge in [-0.2, -0.15) is 4.31 Å². The van der Waals surface area contributed by atoms with Crippen LogP contribution in [0.5, 0.6) is 0 Å². The van der Waals surface area contributed by atoms with E-state index >= 15 is 0 Å². The standard InChI is InChI=1S/C12H15F3N2O2S.ClH/c1-7-6-17(8(2)5-16-7)20(18,19)12-10(14)3-9(13)4-11(12)15;/h3-4,7-8,16H,5-6H2,1-2H3;1H. The smallest absolute Gasteiger partial charge is 0.249 e. The molecule has 1 aliphatic heterocycles. The first-order valence-electron chi connectivity index (χ1n) is 6.13. The highest BCUT2D eigenvalue weighted by Gasteiger charge is 2.37. The highest BCUT2D eigenvalue weighted by atomic mass is 35.5. The lowest BCUT2D eigenvalue weighted by Crippen LogP contribution is -2.56. The molecule has 1 heterocycles. The van der Waals surface area contributed by atoms with Crippen molar-refractivity contribution in [3.05, 3.63) is 29.6 Å². The summed E-state index contributed by atoms with van der Waals surface area (Å²) < 4.78 is 66.1. The van der Waals surface area contributed by atoms with Gasteiger partial charge in [0.25, 0.3) is 0 Å². The third-order valence-electron chi connectivity index (χ3n) is 3.24. The average molecular weight is 345 g/mol. The molecule has 1 aromatic carbocycles. The zero-order chi connectivity index (χ0) is 15.1. The number of hydrogen-bond acceptors (Lipinski definition) is 3. The van der Waals surface area contributed by atoms with Gasteiger partial charge in [0.2, 0.25) is 10.0 Å². The molecule has 0 aromatic heterocycles. The quantitative estimate of drug-likeness (QED) is 0.891. The van der Waals surface area contributed by atoms with Gasteiger partial charge in [0, 0.05) is 37.3 Å². The summed E-state index contributed by atoms with van der Waals surface area (Å²) in [6.45, 7) is 3.88. The molecule has 1 aliphatic rings. The van der Waals surface area contributed by atoms with E-state index in [4.69, 9.17) is 0 Å². The molecule has 2 unspecified atom stereocenters. The molecule has 2 atom stereocenters. The fraction of sp³-hybridized carbons (Fsp3) is 0.500. The summed E-state index contributed by atoms with van der Waals surface area (Å²) in [6, 6.07) is 0.158. The summed E-state index contributed by atoms with van der Waals surface area (Å²) in [7, 11) is -4.35. The van der Waals surface area contributed by atoms with Gasteiger partial charge < -0.3 is 5.32 Å². The van der Waals surface area contributed by atoms with Gasteiger partial charge >= 0.3 is 0 Å². The van der Waals surface area contributed by atoms with Crippen LogP contribution in [0.4, 0.5) is 13.2 Å². The lowest BCUT2D eigenvalue weighted by molar-refractivity contribution is 0.243. The summed E-state index contributed by atoms with van der Waals surface area (Å²) in [6.07, 6.45) is 0. The number of benzene rings is 1. The molecule has 0 spiro atoms. The van der Waals surface area contributed by atoms with E-state index in [9.17, 15) is 21.6 Å². The van der Waals surface area contributed by atoms with Crippen LogP contribution in [0.2, 0.25) is 0 Å². The van der Waals surface area contributed by atoms with Crippen molar-refractivity contribution in [2.75, 3.05) is 13.1 Å². The van der Waals surface area contributed by atoms with Gasteiger partial charge in [0.1, 0.15) is 17.5 Å². The molecule has 2 rings (SSSR count). The van der Waals surface area contributed by atoms with Gasteiger partial charge in [-0.25, -0.2) is 21.6 Å². The second-order valence-corrected chi connectivity index (χ2v) is 6.76. The van der Waals surface area contributed by atoms with Gasteiger partial charge in [-0.15, -0.1) is 12.4 Å². The third kappa shape index (κ3) is 3.50. The first-order chi connectivity index (χ1) is 9.23. The predicted octanol–water partition coefficient (Wildman–Crippen LogP) is 1.90. The van der Waals surface area contributed by atoms with Crippen LogP contribution in [0.1, 0.15) is 13.8 Å². The summed E-state index contributed by atoms with van der Waals surface area (Å²) in [4.78, 5) is -1.10. The van der Waals surface area contributed by atoms with Crippen molar-refractivity contribution < 1.29 is 21.6 Å². The molecule has 1 saturated heterocycles. The predicted molar refractivity (Wildman–Crippen MR) is 74.4 cm³/mol. The number of rotatable bonds is 2. The molecule has 1 fully saturated rings. The summed E-state index contributed by atoms with van der Waals surface area (Å²) in [5.74, 6) is -3.98. The van der Waals surface area contributed by atoms with E-state index in [-0.39, 0.29) is 25.0 Å². The first-order valence-corrected chi connectivity index (χ1v) is 7.57. The summed E-state index contributed by atoms with van der Waals surface area (Å²) in [5.41, 5.74) is 0. The molecule has 0 saturated carbocycles. The average Bonchev–Trinajstić information content (AvgIpc) is 2.30. The Labute approximate surface area is 127 Å². The SMILES string of the molecule is CC1CN(S(=O)(=O)c2c(F)cc(F)cc2F)C(C)CN1.Cl. The fourth-order valence-electron chi connectivity index (χ4n) is 2.22. The molecule has 9 heteroatoms. The van der Waals surface area contributed by atoms with Crippen molar-refractivity contribution in [1.82, 2.24) is 9.62 Å². The topological polar surface area (TPSA) is 49.4 Å². The Hall–Kier alpha value is -0.830. The maximum absolute atomic E-state index is 13.7. The van der Waals surface area contributed by atoms with Crippen LogP contribution in [0, 0.1) is 17.5 Å². The maximum atomic E-state index is 13.7. The number of nitrogens with one attached hydrogen (secondary N) is 1. The summed E-state index contributed by atoms with van der Waals surface area (Å²) >= 11 is 0. The largest absolute Gasteiger partial charge is 0.311 e. The Bertz CT molecular complexity index is 604. The highest BCUT2D eigenvalue weighted by molar-refractivity contribution is 7.89. The Balaban J connectivity index is 0.00000220. The fourth-order valence-corrected chi connectivity index (χ4v) is 4.03. The van der Waals surface area contributed by atoms with Gasteiger partial charge in [-0.3, -0.25) is 0 Å². The van der Waals surface area contributed by atoms with Gasteiger partial charge in [0.05, 0.1) is 0 Å². The van der Waals surface area contributed by atoms with E-state index in [0.717, 1.165) is 4.31 Å². The number of piperazine rings is 1. The van der Waals surface area contributed by atoms with Crippen molar-refractivity contribution in [2.24, 2.45) is 0 Å². The lowest BCUT2D eigenvalue weighted by Gasteiger charge is -2.36. The minimum absolute atomic E-state index is 0. The normalized spacial score (nSPS) is 23.7. The molecule has 0 aliphatic carbocycles. The van der Waals surface area contributed by atoms with E-state index in [2.05, 4.69) is 5.32 Å². The van der Waals surface area contributed by atoms with Gasteiger partial charge in [-0.1, -0.05) is 0 Å². The molecule has 0 amide bonds. The second-order valence-electron chi connectivity index (χ2n) is 4.93. The number of sulfonamides is 1. The molecule has 1 aromatic rings. The van der Waals surface area contributed by atoms with E-state index in [1.54, 1.807) is 13.8 Å². The van der Waals surface area contributed by atoms with Crippen LogP contribution in [0.3, 0.4) is 0 Å². The van der Waals surface area contributed by atoms with Crippen molar-refractivity contribution in [3.63, 3.8) is 0 Å². The molecule has 1 N–H and O–H groups in total. The van der Waals surface area contributed by atoms with Crippen LogP contribution in [-0.2, 0) is 10.0 Å². The zero-order valence-corrected chi connectivity index (χ0v) is 13.1. The van der Waals surface area contributed by atoms with Crippen LogP contribution >= 0.6 is 12.4 Å². The van der Waals surface area contributed by atoms with E-state index in [1.165, 1.54) is 0 Å². The van der Waals surface area contributed by atoms with E-state index in [1.807, 2.05) is 0 Å². The minimum Gasteiger partial charge on any atom is -0.311 e. The first kappa shape index (κ1) is 18.2. The van der Waals surface area contributed by atoms with Gasteiger partial charge in [0.15, 0.2) is 4.90 Å². The summed E-state index contributed by atoms with van der Waals surface area (Å²) in [5, 5.41) is 3.07. The Morgan fingerprint density at radius 1 is 1.19 bits per heavy atom.